The van der Waals surface area contributed by atoms with Crippen molar-refractivity contribution in [2.24, 2.45) is 16.7 Å². The van der Waals surface area contributed by atoms with Gasteiger partial charge in [-0.05, 0) is 183 Å². The SMILES string of the molecule is CC1(C)OB(c2ccc(C(=O)Cl)cc2C(Br)Br)OC1(C)C.CC[C@@H](N(N)C(=O)c1cc(C)cc(C)c1)C(C)(C)C.CC[C@@H](N(NC(=O)c1ccc(B2OC(C)(C)C(C)(C)O2)c(C(Br)Br)c1)C(=O)c1cc(C)cc(C)c1)C(C)(C)C.ClCCl. The topological polar surface area (TPSA) is 150 Å². The molecule has 0 unspecified atom stereocenters. The Hall–Kier alpha value is -2.32. The second-order valence-corrected chi connectivity index (χ2v) is 32.3. The highest BCUT2D eigenvalue weighted by Crippen LogP contribution is 2.40. The van der Waals surface area contributed by atoms with Crippen LogP contribution in [0.2, 0.25) is 0 Å². The number of hydrogen-bond donors (Lipinski definition) is 2. The number of hydrazine groups is 2. The summed E-state index contributed by atoms with van der Waals surface area (Å²) in [6.45, 7) is 40.6. The van der Waals surface area contributed by atoms with Crippen molar-refractivity contribution in [3.8, 4) is 0 Å². The molecule has 2 atom stereocenters. The fourth-order valence-corrected chi connectivity index (χ4v) is 11.3. The molecule has 12 nitrogen and oxygen atoms in total. The van der Waals surface area contributed by atoms with Crippen LogP contribution in [0.4, 0.5) is 0 Å². The van der Waals surface area contributed by atoms with Crippen LogP contribution in [0.3, 0.4) is 0 Å². The summed E-state index contributed by atoms with van der Waals surface area (Å²) in [7, 11) is -1.06. The zero-order chi connectivity index (χ0) is 63.0. The van der Waals surface area contributed by atoms with Crippen LogP contribution in [0, 0.1) is 38.5 Å². The highest BCUT2D eigenvalue weighted by Gasteiger charge is 2.54. The number of carbonyl (C=O) groups excluding carboxylic acids is 4. The highest BCUT2D eigenvalue weighted by molar-refractivity contribution is 9.24. The van der Waals surface area contributed by atoms with E-state index in [-0.39, 0.29) is 53.4 Å². The van der Waals surface area contributed by atoms with E-state index in [0.29, 0.717) is 28.7 Å². The Morgan fingerprint density at radius 1 is 0.549 bits per heavy atom. The molecule has 6 rings (SSSR count). The van der Waals surface area contributed by atoms with Gasteiger partial charge in [0.05, 0.1) is 47.3 Å². The number of aryl methyl sites for hydroxylation is 4. The third kappa shape index (κ3) is 19.3. The van der Waals surface area contributed by atoms with Gasteiger partial charge >= 0.3 is 14.2 Å². The lowest BCUT2D eigenvalue weighted by Gasteiger charge is -2.39. The van der Waals surface area contributed by atoms with Crippen LogP contribution in [0.15, 0.2) is 72.8 Å². The van der Waals surface area contributed by atoms with Crippen LogP contribution in [0.5, 0.6) is 0 Å². The van der Waals surface area contributed by atoms with Crippen molar-refractivity contribution in [1.29, 1.82) is 0 Å². The average Bonchev–Trinajstić information content (AvgIpc) is 3.70. The molecule has 2 aliphatic heterocycles. The molecule has 2 fully saturated rings. The molecule has 2 aliphatic rings. The molecule has 2 saturated heterocycles. The predicted molar refractivity (Wildman–Crippen MR) is 355 cm³/mol. The maximum absolute atomic E-state index is 13.9. The lowest BCUT2D eigenvalue weighted by Crippen LogP contribution is -2.56. The molecule has 3 N–H and O–H groups in total. The molecule has 21 heteroatoms. The summed E-state index contributed by atoms with van der Waals surface area (Å²) in [6.07, 6.45) is 1.52. The number of carbonyl (C=O) groups is 4. The van der Waals surface area contributed by atoms with E-state index < -0.39 is 41.9 Å². The molecule has 3 amide bonds. The van der Waals surface area contributed by atoms with Crippen molar-refractivity contribution >= 4 is 147 Å². The number of rotatable bonds is 12. The summed E-state index contributed by atoms with van der Waals surface area (Å²) in [5, 5.41) is 2.61. The number of halogens is 7. The van der Waals surface area contributed by atoms with Crippen molar-refractivity contribution in [2.75, 3.05) is 5.34 Å². The number of nitrogens with zero attached hydrogens (tertiary/aromatic N) is 2. The summed E-state index contributed by atoms with van der Waals surface area (Å²) in [5.74, 6) is 5.38. The van der Waals surface area contributed by atoms with E-state index >= 15 is 0 Å². The summed E-state index contributed by atoms with van der Waals surface area (Å²) < 4.78 is 24.3. The highest BCUT2D eigenvalue weighted by atomic mass is 79.9. The van der Waals surface area contributed by atoms with Crippen LogP contribution in [0.1, 0.15) is 206 Å². The Labute approximate surface area is 539 Å². The molecule has 2 heterocycles. The first kappa shape index (κ1) is 73.9. The predicted octanol–water partition coefficient (Wildman–Crippen LogP) is 16.0. The largest absolute Gasteiger partial charge is 0.495 e. The Kier molecular flexibility index (Phi) is 27.1. The Balaban J connectivity index is 0.000000345. The third-order valence-electron chi connectivity index (χ3n) is 15.2. The van der Waals surface area contributed by atoms with Crippen LogP contribution in [-0.4, -0.2) is 87.0 Å². The van der Waals surface area contributed by atoms with Crippen molar-refractivity contribution in [1.82, 2.24) is 15.4 Å². The zero-order valence-corrected chi connectivity index (χ0v) is 60.0. The van der Waals surface area contributed by atoms with E-state index in [1.807, 2.05) is 132 Å². The van der Waals surface area contributed by atoms with Gasteiger partial charge in [-0.3, -0.25) is 29.6 Å². The summed E-state index contributed by atoms with van der Waals surface area (Å²) in [4.78, 5) is 51.4. The van der Waals surface area contributed by atoms with Crippen molar-refractivity contribution in [2.45, 2.75) is 193 Å². The van der Waals surface area contributed by atoms with Gasteiger partial charge in [-0.1, -0.05) is 172 Å². The first-order chi connectivity index (χ1) is 37.5. The molecule has 0 saturated carbocycles. The van der Waals surface area contributed by atoms with Gasteiger partial charge in [0.15, 0.2) is 0 Å². The van der Waals surface area contributed by atoms with E-state index in [1.165, 1.54) is 10.0 Å². The van der Waals surface area contributed by atoms with E-state index in [9.17, 15) is 19.2 Å². The molecule has 4 aromatic rings. The zero-order valence-electron chi connectivity index (χ0n) is 51.4. The lowest BCUT2D eigenvalue weighted by molar-refractivity contribution is 0.00578. The molecule has 0 radical (unpaired) electrons. The Morgan fingerprint density at radius 3 is 1.17 bits per heavy atom. The molecule has 0 spiro atoms. The monoisotopic (exact) mass is 1440 g/mol. The first-order valence-electron chi connectivity index (χ1n) is 27.3. The normalized spacial score (nSPS) is 16.7. The quantitative estimate of drug-likeness (QED) is 0.0353. The summed E-state index contributed by atoms with van der Waals surface area (Å²) in [6, 6.07) is 22.1. The number of nitrogens with two attached hydrogens (primary N) is 1. The molecular formula is C61H85B2Br4Cl3N4O8. The van der Waals surface area contributed by atoms with Gasteiger partial charge in [0.1, 0.15) is 0 Å². The van der Waals surface area contributed by atoms with E-state index in [0.717, 1.165) is 50.7 Å². The Morgan fingerprint density at radius 2 is 0.866 bits per heavy atom. The number of benzene rings is 4. The fraction of sp³-hybridized carbons (Fsp3) is 0.541. The second-order valence-electron chi connectivity index (χ2n) is 25.0. The molecule has 452 valence electrons. The van der Waals surface area contributed by atoms with Crippen LogP contribution in [-0.2, 0) is 18.6 Å². The van der Waals surface area contributed by atoms with Crippen LogP contribution >= 0.6 is 98.5 Å². The number of amides is 3. The maximum Gasteiger partial charge on any atom is 0.495 e. The number of alkyl halides is 6. The first-order valence-corrected chi connectivity index (χ1v) is 32.4. The average molecular weight is 1450 g/mol. The van der Waals surface area contributed by atoms with Crippen LogP contribution in [0.25, 0.3) is 0 Å². The van der Waals surface area contributed by atoms with E-state index in [1.54, 1.807) is 24.3 Å². The molecule has 0 aromatic heterocycles. The van der Waals surface area contributed by atoms with Crippen molar-refractivity contribution < 1.29 is 37.8 Å². The van der Waals surface area contributed by atoms with Crippen molar-refractivity contribution in [3.05, 3.63) is 128 Å². The smallest absolute Gasteiger partial charge is 0.399 e. The number of hydrogen-bond acceptors (Lipinski definition) is 9. The molecule has 4 aromatic carbocycles. The lowest BCUT2D eigenvalue weighted by atomic mass is 9.76. The minimum Gasteiger partial charge on any atom is -0.399 e. The minimum atomic E-state index is -0.576. The fourth-order valence-electron chi connectivity index (χ4n) is 9.64. The third-order valence-corrected chi connectivity index (χ3v) is 17.4. The van der Waals surface area contributed by atoms with Gasteiger partial charge in [0.25, 0.3) is 23.0 Å². The van der Waals surface area contributed by atoms with Gasteiger partial charge in [-0.25, -0.2) is 10.9 Å². The summed E-state index contributed by atoms with van der Waals surface area (Å²) >= 11 is 29.2. The van der Waals surface area contributed by atoms with Crippen molar-refractivity contribution in [3.63, 3.8) is 0 Å². The standard InChI is InChI=1S/C30H41BBr2N2O4.C16H26N2O.C14H16BBr2ClO3.CH2Cl2/c1-11-24(28(4,5)6)35(27(37)21-15-18(2)14-19(3)16-21)34-26(36)20-12-13-23(22(17-20)25(32)33)31-38-29(7,8)30(9,10)39-31;1-7-14(16(4,5)6)18(17)15(19)13-9-11(2)8-12(3)10-13;1-13(2)14(3,4)21-15(20-13)10-6-5-8(12(18)19)7-9(10)11(16)17;2-1-3/h12-17,24-25H,11H2,1-10H3,(H,34,36);8-10,14H,7,17H2,1-6H3;5-7,11H,1-4H3;1H2/t24-;14-;;/m11../s1. The van der Waals surface area contributed by atoms with Gasteiger partial charge < -0.3 is 18.6 Å². The molecular weight excluding hydrogens is 1360 g/mol. The Bertz CT molecular complexity index is 2810. The van der Waals surface area contributed by atoms with Gasteiger partial charge in [0.2, 0.25) is 0 Å². The van der Waals surface area contributed by atoms with Gasteiger partial charge in [0, 0.05) is 22.3 Å². The number of nitrogens with one attached hydrogen (secondary N) is 1. The molecule has 82 heavy (non-hydrogen) atoms. The van der Waals surface area contributed by atoms with Crippen LogP contribution < -0.4 is 22.2 Å². The molecule has 0 aliphatic carbocycles. The van der Waals surface area contributed by atoms with Gasteiger partial charge in [-0.2, -0.15) is 0 Å². The molecule has 0 bridgehead atoms. The summed E-state index contributed by atoms with van der Waals surface area (Å²) in [5.41, 5.74) is 10.5. The minimum absolute atomic E-state index is 0.0285. The van der Waals surface area contributed by atoms with E-state index in [4.69, 9.17) is 59.3 Å². The second kappa shape index (κ2) is 30.1. The van der Waals surface area contributed by atoms with Gasteiger partial charge in [-0.15, -0.1) is 23.2 Å². The maximum atomic E-state index is 13.9. The van der Waals surface area contributed by atoms with E-state index in [2.05, 4.69) is 124 Å².